The number of aliphatic hydroxyl groups excluding tert-OH is 1. The number of anilines is 3. The number of nitrogens with one attached hydrogen (secondary N) is 2. The summed E-state index contributed by atoms with van der Waals surface area (Å²) >= 11 is 1.59. The first-order chi connectivity index (χ1) is 22.2. The number of hydrogen-bond donors (Lipinski definition) is 3. The number of carbonyl (C=O) groups excluding carboxylic acids is 2. The third-order valence-corrected chi connectivity index (χ3v) is 10.2. The van der Waals surface area contributed by atoms with E-state index in [1.54, 1.807) is 36.5 Å². The zero-order valence-corrected chi connectivity index (χ0v) is 27.3. The van der Waals surface area contributed by atoms with Gasteiger partial charge in [-0.1, -0.05) is 24.3 Å². The summed E-state index contributed by atoms with van der Waals surface area (Å²) in [6, 6.07) is 14.8. The summed E-state index contributed by atoms with van der Waals surface area (Å²) in [4.78, 5) is 50.0. The smallest absolute Gasteiger partial charge is 0.293 e. The van der Waals surface area contributed by atoms with Crippen LogP contribution < -0.4 is 16.2 Å². The van der Waals surface area contributed by atoms with Crippen LogP contribution in [0.4, 0.5) is 17.2 Å². The first-order valence-electron chi connectivity index (χ1n) is 15.8. The van der Waals surface area contributed by atoms with Gasteiger partial charge in [-0.05, 0) is 80.0 Å². The van der Waals surface area contributed by atoms with Gasteiger partial charge in [0.1, 0.15) is 6.04 Å². The Morgan fingerprint density at radius 1 is 1.09 bits per heavy atom. The zero-order chi connectivity index (χ0) is 32.4. The summed E-state index contributed by atoms with van der Waals surface area (Å²) in [6.07, 6.45) is 7.17. The first kappa shape index (κ1) is 31.7. The lowest BCUT2D eigenvalue weighted by atomic mass is 9.99. The summed E-state index contributed by atoms with van der Waals surface area (Å²) < 4.78 is 1.50. The van der Waals surface area contributed by atoms with E-state index < -0.39 is 6.04 Å². The van der Waals surface area contributed by atoms with Crippen LogP contribution in [0.5, 0.6) is 0 Å². The minimum atomic E-state index is -0.422. The number of rotatable bonds is 10. The normalized spacial score (nSPS) is 15.0. The quantitative estimate of drug-likeness (QED) is 0.226. The first-order valence-corrected chi connectivity index (χ1v) is 16.6. The number of likely N-dealkylation sites (N-methyl/N-ethyl adjacent to an activating group) is 1. The molecule has 2 aromatic carbocycles. The predicted molar refractivity (Wildman–Crippen MR) is 182 cm³/mol. The highest BCUT2D eigenvalue weighted by atomic mass is 32.1. The van der Waals surface area contributed by atoms with Crippen LogP contribution in [0.15, 0.2) is 59.5 Å². The zero-order valence-electron chi connectivity index (χ0n) is 26.5. The van der Waals surface area contributed by atoms with E-state index in [0.29, 0.717) is 17.1 Å². The van der Waals surface area contributed by atoms with E-state index in [1.165, 1.54) is 27.8 Å². The summed E-state index contributed by atoms with van der Waals surface area (Å²) in [5.74, 6) is 0.00163. The summed E-state index contributed by atoms with van der Waals surface area (Å²) in [7, 11) is 3.39. The molecule has 1 aliphatic heterocycles. The van der Waals surface area contributed by atoms with Crippen molar-refractivity contribution < 1.29 is 14.7 Å². The molecule has 1 aliphatic carbocycles. The van der Waals surface area contributed by atoms with Crippen LogP contribution in [-0.2, 0) is 24.7 Å². The second-order valence-corrected chi connectivity index (χ2v) is 13.2. The standard InChI is InChI=1S/C35H40N6O4S/c1-22-26(9-6-10-27(22)38-33(43)30-20-24-8-4-5-11-29(24)46-30)28-21-40(3)35(45)32(37-28)36-25-14-12-23(13-15-25)31(41-16-7-17-41)34(44)39(2)18-19-42/h6,9-10,12-15,20-21,31,42H,4-5,7-8,11,16-19H2,1-3H3,(H,36,37)(H,38,43). The van der Waals surface area contributed by atoms with Gasteiger partial charge in [-0.25, -0.2) is 4.98 Å². The molecule has 46 heavy (non-hydrogen) atoms. The Labute approximate surface area is 272 Å². The van der Waals surface area contributed by atoms with Gasteiger partial charge in [0.2, 0.25) is 5.91 Å². The Morgan fingerprint density at radius 2 is 1.85 bits per heavy atom. The lowest BCUT2D eigenvalue weighted by Crippen LogP contribution is -2.48. The number of fused-ring (bicyclic) bond motifs is 1. The van der Waals surface area contributed by atoms with Gasteiger partial charge in [0.25, 0.3) is 11.5 Å². The van der Waals surface area contributed by atoms with Gasteiger partial charge in [-0.2, -0.15) is 0 Å². The van der Waals surface area contributed by atoms with Crippen LogP contribution in [0.3, 0.4) is 0 Å². The molecule has 11 heteroatoms. The van der Waals surface area contributed by atoms with Gasteiger partial charge >= 0.3 is 0 Å². The number of carbonyl (C=O) groups is 2. The molecule has 2 amide bonds. The molecule has 1 unspecified atom stereocenters. The number of nitrogens with zero attached hydrogens (tertiary/aromatic N) is 4. The van der Waals surface area contributed by atoms with Crippen LogP contribution in [-0.4, -0.2) is 69.6 Å². The molecule has 0 radical (unpaired) electrons. The van der Waals surface area contributed by atoms with Gasteiger partial charge in [0.05, 0.1) is 17.2 Å². The lowest BCUT2D eigenvalue weighted by Gasteiger charge is -2.39. The van der Waals surface area contributed by atoms with Crippen molar-refractivity contribution in [3.8, 4) is 11.3 Å². The maximum absolute atomic E-state index is 13.2. The fourth-order valence-electron chi connectivity index (χ4n) is 6.12. The molecule has 1 atom stereocenters. The Bertz CT molecular complexity index is 1790. The molecule has 3 N–H and O–H groups in total. The number of benzene rings is 2. The fourth-order valence-corrected chi connectivity index (χ4v) is 7.26. The summed E-state index contributed by atoms with van der Waals surface area (Å²) in [6.45, 7) is 3.82. The topological polar surface area (TPSA) is 120 Å². The van der Waals surface area contributed by atoms with Crippen molar-refractivity contribution >= 4 is 40.3 Å². The molecule has 0 bridgehead atoms. The van der Waals surface area contributed by atoms with E-state index in [2.05, 4.69) is 15.5 Å². The molecule has 6 rings (SSSR count). The second kappa shape index (κ2) is 13.6. The molecule has 1 fully saturated rings. The monoisotopic (exact) mass is 640 g/mol. The van der Waals surface area contributed by atoms with Crippen molar-refractivity contribution in [1.29, 1.82) is 0 Å². The molecular weight excluding hydrogens is 600 g/mol. The van der Waals surface area contributed by atoms with Crippen molar-refractivity contribution in [1.82, 2.24) is 19.4 Å². The van der Waals surface area contributed by atoms with Crippen LogP contribution in [0.1, 0.15) is 56.5 Å². The lowest BCUT2D eigenvalue weighted by molar-refractivity contribution is -0.138. The van der Waals surface area contributed by atoms with Crippen molar-refractivity contribution in [2.75, 3.05) is 43.9 Å². The van der Waals surface area contributed by atoms with E-state index in [0.717, 1.165) is 53.9 Å². The number of aromatic nitrogens is 2. The minimum Gasteiger partial charge on any atom is -0.395 e. The highest BCUT2D eigenvalue weighted by Crippen LogP contribution is 2.33. The molecule has 2 aliphatic rings. The highest BCUT2D eigenvalue weighted by molar-refractivity contribution is 7.14. The SMILES string of the molecule is Cc1c(NC(=O)c2cc3c(s2)CCCC3)cccc1-c1cn(C)c(=O)c(Nc2ccc(C(C(=O)N(C)CCO)N3CCC3)cc2)n1. The minimum absolute atomic E-state index is 0.0546. The average Bonchev–Trinajstić information content (AvgIpc) is 3.47. The Morgan fingerprint density at radius 3 is 2.54 bits per heavy atom. The predicted octanol–water partition coefficient (Wildman–Crippen LogP) is 4.89. The van der Waals surface area contributed by atoms with Gasteiger partial charge in [-0.15, -0.1) is 11.3 Å². The third-order valence-electron chi connectivity index (χ3n) is 8.94. The van der Waals surface area contributed by atoms with Crippen LogP contribution in [0.2, 0.25) is 0 Å². The Hall–Kier alpha value is -4.32. The van der Waals surface area contributed by atoms with Crippen molar-refractivity contribution in [3.63, 3.8) is 0 Å². The van der Waals surface area contributed by atoms with Crippen molar-refractivity contribution in [3.05, 3.63) is 91.5 Å². The number of likely N-dealkylation sites (tertiary alicyclic amines) is 1. The van der Waals surface area contributed by atoms with Crippen molar-refractivity contribution in [2.45, 2.75) is 45.1 Å². The maximum atomic E-state index is 13.2. The van der Waals surface area contributed by atoms with Gasteiger partial charge in [0.15, 0.2) is 5.82 Å². The van der Waals surface area contributed by atoms with E-state index in [-0.39, 0.29) is 36.3 Å². The van der Waals surface area contributed by atoms with E-state index in [1.807, 2.05) is 55.5 Å². The highest BCUT2D eigenvalue weighted by Gasteiger charge is 2.33. The molecular formula is C35H40N6O4S. The molecule has 2 aromatic heterocycles. The molecule has 10 nitrogen and oxygen atoms in total. The number of amides is 2. The molecule has 0 saturated carbocycles. The molecule has 1 saturated heterocycles. The van der Waals surface area contributed by atoms with E-state index >= 15 is 0 Å². The number of thiophene rings is 1. The molecule has 3 heterocycles. The van der Waals surface area contributed by atoms with E-state index in [9.17, 15) is 19.5 Å². The van der Waals surface area contributed by atoms with Gasteiger partial charge in [-0.3, -0.25) is 19.3 Å². The van der Waals surface area contributed by atoms with Crippen LogP contribution in [0.25, 0.3) is 11.3 Å². The number of aliphatic hydroxyl groups is 1. The summed E-state index contributed by atoms with van der Waals surface area (Å²) in [5, 5.41) is 15.6. The largest absolute Gasteiger partial charge is 0.395 e. The second-order valence-electron chi connectivity index (χ2n) is 12.1. The van der Waals surface area contributed by atoms with Crippen molar-refractivity contribution in [2.24, 2.45) is 7.05 Å². The third kappa shape index (κ3) is 6.48. The van der Waals surface area contributed by atoms with Gasteiger partial charge in [0, 0.05) is 61.7 Å². The van der Waals surface area contributed by atoms with Crippen LogP contribution in [0, 0.1) is 6.92 Å². The summed E-state index contributed by atoms with van der Waals surface area (Å²) in [5.41, 5.74) is 5.49. The number of aryl methyl sites for hydroxylation is 3. The van der Waals surface area contributed by atoms with Gasteiger partial charge < -0.3 is 25.2 Å². The Balaban J connectivity index is 1.22. The molecule has 4 aromatic rings. The Kier molecular flexibility index (Phi) is 9.34. The maximum Gasteiger partial charge on any atom is 0.293 e. The number of hydrogen-bond acceptors (Lipinski definition) is 8. The molecule has 0 spiro atoms. The van der Waals surface area contributed by atoms with E-state index in [4.69, 9.17) is 4.98 Å². The average molecular weight is 641 g/mol. The fraction of sp³-hybridized carbons (Fsp3) is 0.371. The molecule has 240 valence electrons. The van der Waals surface area contributed by atoms with Crippen LogP contribution >= 0.6 is 11.3 Å².